The summed E-state index contributed by atoms with van der Waals surface area (Å²) >= 11 is 7.11. The molecule has 2 N–H and O–H groups in total. The zero-order chi connectivity index (χ0) is 17.6. The number of nitriles is 1. The first-order chi connectivity index (χ1) is 12.1. The third-order valence-corrected chi connectivity index (χ3v) is 5.41. The van der Waals surface area contributed by atoms with Crippen molar-refractivity contribution >= 4 is 33.0 Å². The predicted octanol–water partition coefficient (Wildman–Crippen LogP) is 4.13. The topological polar surface area (TPSA) is 76.1 Å². The predicted molar refractivity (Wildman–Crippen MR) is 98.8 cm³/mol. The van der Waals surface area contributed by atoms with E-state index in [-0.39, 0.29) is 16.2 Å². The molecule has 1 aromatic heterocycles. The van der Waals surface area contributed by atoms with Gasteiger partial charge in [-0.1, -0.05) is 47.2 Å². The molecule has 25 heavy (non-hydrogen) atoms. The molecular weight excluding hydrogens is 356 g/mol. The molecule has 4 nitrogen and oxygen atoms in total. The van der Waals surface area contributed by atoms with Gasteiger partial charge in [0, 0.05) is 15.1 Å². The van der Waals surface area contributed by atoms with E-state index in [1.165, 1.54) is 0 Å². The minimum Gasteiger partial charge on any atom is -0.439 e. The van der Waals surface area contributed by atoms with Crippen LogP contribution in [0.15, 0.2) is 64.8 Å². The maximum Gasteiger partial charge on any atom is 0.240 e. The number of hydrogen-bond acceptors (Lipinski definition) is 5. The summed E-state index contributed by atoms with van der Waals surface area (Å²) < 4.78 is 6.39. The van der Waals surface area contributed by atoms with Gasteiger partial charge in [-0.2, -0.15) is 5.26 Å². The van der Waals surface area contributed by atoms with Gasteiger partial charge in [-0.05, 0) is 29.8 Å². The average Bonchev–Trinajstić information content (AvgIpc) is 2.61. The van der Waals surface area contributed by atoms with Crippen molar-refractivity contribution in [2.24, 2.45) is 5.73 Å². The van der Waals surface area contributed by atoms with Crippen LogP contribution in [0.4, 0.5) is 0 Å². The lowest BCUT2D eigenvalue weighted by atomic mass is 9.84. The number of hydrogen-bond donors (Lipinski definition) is 1. The van der Waals surface area contributed by atoms with Crippen molar-refractivity contribution in [3.8, 4) is 11.8 Å². The number of halogens is 1. The van der Waals surface area contributed by atoms with Crippen LogP contribution in [0.3, 0.4) is 0 Å². The number of allylic oxidation sites excluding steroid dienone is 1. The van der Waals surface area contributed by atoms with E-state index in [2.05, 4.69) is 6.07 Å². The van der Waals surface area contributed by atoms with E-state index in [0.29, 0.717) is 16.3 Å². The SMILES string of the molecule is N#CC1=C(N)Oc2c(c(=O)sc3ccccc23)[C@@H]1c1ccc(Cl)cc1. The molecule has 3 aromatic rings. The Bertz CT molecular complexity index is 1130. The molecule has 2 heterocycles. The van der Waals surface area contributed by atoms with Crippen LogP contribution in [0, 0.1) is 11.3 Å². The van der Waals surface area contributed by atoms with Crippen LogP contribution in [0.5, 0.6) is 5.75 Å². The Morgan fingerprint density at radius 3 is 2.60 bits per heavy atom. The van der Waals surface area contributed by atoms with Gasteiger partial charge in [0.2, 0.25) is 10.6 Å². The molecule has 1 atom stereocenters. The van der Waals surface area contributed by atoms with Gasteiger partial charge in [0.1, 0.15) is 17.4 Å². The first-order valence-corrected chi connectivity index (χ1v) is 8.68. The van der Waals surface area contributed by atoms with Gasteiger partial charge < -0.3 is 10.5 Å². The van der Waals surface area contributed by atoms with Crippen molar-refractivity contribution in [1.82, 2.24) is 0 Å². The zero-order valence-corrected chi connectivity index (χ0v) is 14.4. The fourth-order valence-electron chi connectivity index (χ4n) is 3.05. The van der Waals surface area contributed by atoms with Crippen LogP contribution in [0.2, 0.25) is 5.02 Å². The van der Waals surface area contributed by atoms with Crippen LogP contribution in [0.1, 0.15) is 17.0 Å². The van der Waals surface area contributed by atoms with Gasteiger partial charge in [-0.15, -0.1) is 0 Å². The molecule has 0 bridgehead atoms. The third kappa shape index (κ3) is 2.47. The molecule has 0 aliphatic carbocycles. The van der Waals surface area contributed by atoms with E-state index >= 15 is 0 Å². The molecule has 0 unspecified atom stereocenters. The fraction of sp³-hybridized carbons (Fsp3) is 0.0526. The van der Waals surface area contributed by atoms with Crippen LogP contribution in [0.25, 0.3) is 10.1 Å². The highest BCUT2D eigenvalue weighted by Gasteiger charge is 2.34. The molecule has 0 fully saturated rings. The molecule has 0 saturated heterocycles. The second kappa shape index (κ2) is 5.92. The molecule has 0 saturated carbocycles. The first kappa shape index (κ1) is 15.7. The minimum absolute atomic E-state index is 0.0238. The third-order valence-electron chi connectivity index (χ3n) is 4.18. The van der Waals surface area contributed by atoms with Crippen molar-refractivity contribution in [3.63, 3.8) is 0 Å². The highest BCUT2D eigenvalue weighted by Crippen LogP contribution is 2.44. The van der Waals surface area contributed by atoms with Crippen LogP contribution >= 0.6 is 22.9 Å². The normalized spacial score (nSPS) is 16.2. The van der Waals surface area contributed by atoms with Crippen molar-refractivity contribution in [2.75, 3.05) is 0 Å². The number of fused-ring (bicyclic) bond motifs is 3. The summed E-state index contributed by atoms with van der Waals surface area (Å²) in [7, 11) is 0. The summed E-state index contributed by atoms with van der Waals surface area (Å²) in [5, 5.41) is 11.0. The standard InChI is InChI=1S/C19H11ClN2O2S/c20-11-7-5-10(6-8-11)15-13(9-21)18(22)24-17-12-3-1-2-4-14(12)25-19(23)16(15)17/h1-8,15H,22H2/t15-/m1/s1. The molecule has 1 aliphatic heterocycles. The van der Waals surface area contributed by atoms with Crippen LogP contribution in [-0.4, -0.2) is 0 Å². The lowest BCUT2D eigenvalue weighted by molar-refractivity contribution is 0.398. The number of benzene rings is 2. The van der Waals surface area contributed by atoms with Gasteiger partial charge in [0.25, 0.3) is 0 Å². The Balaban J connectivity index is 2.08. The Hall–Kier alpha value is -2.81. The Labute approximate surface area is 152 Å². The van der Waals surface area contributed by atoms with Gasteiger partial charge in [0.15, 0.2) is 0 Å². The Morgan fingerprint density at radius 2 is 1.88 bits per heavy atom. The molecule has 0 spiro atoms. The molecule has 2 aromatic carbocycles. The Morgan fingerprint density at radius 1 is 1.16 bits per heavy atom. The van der Waals surface area contributed by atoms with E-state index in [1.807, 2.05) is 24.3 Å². The molecule has 122 valence electrons. The maximum atomic E-state index is 12.8. The monoisotopic (exact) mass is 366 g/mol. The lowest BCUT2D eigenvalue weighted by Crippen LogP contribution is -2.25. The molecule has 1 aliphatic rings. The van der Waals surface area contributed by atoms with Crippen LogP contribution < -0.4 is 15.2 Å². The highest BCUT2D eigenvalue weighted by molar-refractivity contribution is 7.16. The number of rotatable bonds is 1. The number of nitrogens with two attached hydrogens (primary N) is 1. The minimum atomic E-state index is -0.570. The highest BCUT2D eigenvalue weighted by atomic mass is 35.5. The van der Waals surface area contributed by atoms with E-state index in [9.17, 15) is 10.1 Å². The quantitative estimate of drug-likeness (QED) is 0.702. The van der Waals surface area contributed by atoms with Gasteiger partial charge in [-0.25, -0.2) is 0 Å². The summed E-state index contributed by atoms with van der Waals surface area (Å²) in [6.45, 7) is 0. The van der Waals surface area contributed by atoms with Crippen molar-refractivity contribution in [2.45, 2.75) is 5.92 Å². The maximum absolute atomic E-state index is 12.8. The van der Waals surface area contributed by atoms with E-state index < -0.39 is 5.92 Å². The van der Waals surface area contributed by atoms with Gasteiger partial charge in [-0.3, -0.25) is 4.79 Å². The molecule has 0 radical (unpaired) electrons. The average molecular weight is 367 g/mol. The van der Waals surface area contributed by atoms with E-state index in [0.717, 1.165) is 27.0 Å². The smallest absolute Gasteiger partial charge is 0.240 e. The zero-order valence-electron chi connectivity index (χ0n) is 12.8. The summed E-state index contributed by atoms with van der Waals surface area (Å²) in [4.78, 5) is 12.8. The molecule has 4 rings (SSSR count). The van der Waals surface area contributed by atoms with Crippen LogP contribution in [-0.2, 0) is 0 Å². The van der Waals surface area contributed by atoms with Gasteiger partial charge in [0.05, 0.1) is 11.5 Å². The number of nitrogens with zero attached hydrogens (tertiary/aromatic N) is 1. The first-order valence-electron chi connectivity index (χ1n) is 7.49. The second-order valence-corrected chi connectivity index (χ2v) is 7.06. The largest absolute Gasteiger partial charge is 0.439 e. The lowest BCUT2D eigenvalue weighted by Gasteiger charge is -2.26. The number of ether oxygens (including phenoxy) is 1. The summed E-state index contributed by atoms with van der Waals surface area (Å²) in [6, 6.07) is 16.6. The molecule has 6 heteroatoms. The second-order valence-electron chi connectivity index (χ2n) is 5.60. The van der Waals surface area contributed by atoms with E-state index in [1.54, 1.807) is 24.3 Å². The summed E-state index contributed by atoms with van der Waals surface area (Å²) in [6.07, 6.45) is 0. The molecule has 0 amide bonds. The van der Waals surface area contributed by atoms with Gasteiger partial charge >= 0.3 is 0 Å². The van der Waals surface area contributed by atoms with E-state index in [4.69, 9.17) is 22.1 Å². The molecular formula is C19H11ClN2O2S. The summed E-state index contributed by atoms with van der Waals surface area (Å²) in [5.74, 6) is -0.120. The summed E-state index contributed by atoms with van der Waals surface area (Å²) in [5.41, 5.74) is 7.46. The fourth-order valence-corrected chi connectivity index (χ4v) is 4.12. The Kier molecular flexibility index (Phi) is 3.72. The van der Waals surface area contributed by atoms with Crippen molar-refractivity contribution < 1.29 is 4.74 Å². The van der Waals surface area contributed by atoms with Crippen molar-refractivity contribution in [1.29, 1.82) is 5.26 Å². The van der Waals surface area contributed by atoms with Crippen molar-refractivity contribution in [3.05, 3.63) is 85.7 Å².